The summed E-state index contributed by atoms with van der Waals surface area (Å²) >= 11 is 0. The van der Waals surface area contributed by atoms with Crippen LogP contribution in [0.15, 0.2) is 48.5 Å². The third-order valence-corrected chi connectivity index (χ3v) is 6.89. The minimum Gasteiger partial charge on any atom is -0.467 e. The van der Waals surface area contributed by atoms with Crippen LogP contribution < -0.4 is 10.6 Å². The summed E-state index contributed by atoms with van der Waals surface area (Å²) in [6, 6.07) is 14.4. The molecular weight excluding hydrogens is 478 g/mol. The Hall–Kier alpha value is -4.08. The Morgan fingerprint density at radius 3 is 2.32 bits per heavy atom. The monoisotopic (exact) mass is 509 g/mol. The highest BCUT2D eigenvalue weighted by Gasteiger charge is 2.36. The zero-order valence-corrected chi connectivity index (χ0v) is 20.6. The lowest BCUT2D eigenvalue weighted by Crippen LogP contribution is -2.51. The first kappa shape index (κ1) is 26.0. The lowest BCUT2D eigenvalue weighted by Gasteiger charge is -2.23. The molecule has 4 rings (SSSR count). The Morgan fingerprint density at radius 1 is 1.05 bits per heavy atom. The van der Waals surface area contributed by atoms with Crippen LogP contribution in [0.4, 0.5) is 9.59 Å². The third-order valence-electron chi connectivity index (χ3n) is 6.89. The molecule has 0 spiro atoms. The number of amides is 3. The van der Waals surface area contributed by atoms with Gasteiger partial charge in [-0.2, -0.15) is 0 Å². The van der Waals surface area contributed by atoms with Crippen molar-refractivity contribution < 1.29 is 33.8 Å². The molecule has 2 aliphatic rings. The van der Waals surface area contributed by atoms with Crippen LogP contribution in [0.1, 0.15) is 42.7 Å². The first-order valence-corrected chi connectivity index (χ1v) is 12.4. The minimum absolute atomic E-state index is 0.0435. The number of likely N-dealkylation sites (tertiary alicyclic amines) is 1. The molecule has 2 aromatic carbocycles. The standard InChI is InChI=1S/C27H31N3O7/c1-36-25(32)22(29-24(31)23-13-7-15-30(23)27(34)35)12-6-14-28-26(33)37-16-21-19-10-4-2-8-17(19)18-9-3-5-11-20(18)21/h2-5,8-11,21-23H,6-7,12-16H2,1H3,(H,28,33)(H,29,31)(H,34,35)/t22?,23-/m0/s1. The molecule has 3 N–H and O–H groups in total. The molecular formula is C27H31N3O7. The third kappa shape index (κ3) is 5.84. The largest absolute Gasteiger partial charge is 0.467 e. The number of esters is 1. The van der Waals surface area contributed by atoms with Crippen LogP contribution in [0, 0.1) is 0 Å². The molecule has 3 amide bonds. The maximum Gasteiger partial charge on any atom is 0.407 e. The van der Waals surface area contributed by atoms with Gasteiger partial charge in [0.15, 0.2) is 0 Å². The van der Waals surface area contributed by atoms with Gasteiger partial charge in [0.25, 0.3) is 0 Å². The molecule has 0 aromatic heterocycles. The van der Waals surface area contributed by atoms with E-state index >= 15 is 0 Å². The quantitative estimate of drug-likeness (QED) is 0.349. The second kappa shape index (κ2) is 11.8. The van der Waals surface area contributed by atoms with E-state index in [1.165, 1.54) is 7.11 Å². The van der Waals surface area contributed by atoms with Gasteiger partial charge in [-0.05, 0) is 47.9 Å². The summed E-state index contributed by atoms with van der Waals surface area (Å²) in [7, 11) is 1.22. The highest BCUT2D eigenvalue weighted by molar-refractivity contribution is 5.89. The fourth-order valence-electron chi connectivity index (χ4n) is 5.07. The summed E-state index contributed by atoms with van der Waals surface area (Å²) in [5.41, 5.74) is 4.54. The number of carbonyl (C=O) groups is 4. The van der Waals surface area contributed by atoms with Gasteiger partial charge >= 0.3 is 18.2 Å². The van der Waals surface area contributed by atoms with Crippen LogP contribution in [0.5, 0.6) is 0 Å². The van der Waals surface area contributed by atoms with Gasteiger partial charge in [0.2, 0.25) is 5.91 Å². The highest BCUT2D eigenvalue weighted by atomic mass is 16.5. The normalized spacial score (nSPS) is 16.9. The molecule has 2 aromatic rings. The number of fused-ring (bicyclic) bond motifs is 3. The lowest BCUT2D eigenvalue weighted by molar-refractivity contribution is -0.145. The van der Waals surface area contributed by atoms with Crippen LogP contribution in [0.25, 0.3) is 11.1 Å². The van der Waals surface area contributed by atoms with Crippen molar-refractivity contribution in [1.29, 1.82) is 0 Å². The topological polar surface area (TPSA) is 134 Å². The summed E-state index contributed by atoms with van der Waals surface area (Å²) in [6.45, 7) is 0.702. The van der Waals surface area contributed by atoms with E-state index in [1.54, 1.807) is 0 Å². The number of rotatable bonds is 9. The molecule has 10 heteroatoms. The van der Waals surface area contributed by atoms with Gasteiger partial charge in [0, 0.05) is 19.0 Å². The molecule has 10 nitrogen and oxygen atoms in total. The molecule has 1 aliphatic carbocycles. The van der Waals surface area contributed by atoms with Gasteiger partial charge in [-0.1, -0.05) is 48.5 Å². The minimum atomic E-state index is -1.17. The molecule has 1 unspecified atom stereocenters. The summed E-state index contributed by atoms with van der Waals surface area (Å²) in [5, 5.41) is 14.5. The van der Waals surface area contributed by atoms with Crippen molar-refractivity contribution in [2.24, 2.45) is 0 Å². The summed E-state index contributed by atoms with van der Waals surface area (Å²) in [4.78, 5) is 49.5. The zero-order chi connectivity index (χ0) is 26.4. The van der Waals surface area contributed by atoms with Crippen LogP contribution >= 0.6 is 0 Å². The SMILES string of the molecule is COC(=O)C(CCCNC(=O)OCC1c2ccccc2-c2ccccc21)NC(=O)[C@@H]1CCCN1C(=O)O. The molecule has 0 bridgehead atoms. The number of ether oxygens (including phenoxy) is 2. The number of benzene rings is 2. The molecule has 1 fully saturated rings. The molecule has 0 radical (unpaired) electrons. The number of methoxy groups -OCH3 is 1. The van der Waals surface area contributed by atoms with E-state index in [1.807, 2.05) is 36.4 Å². The maximum absolute atomic E-state index is 12.6. The van der Waals surface area contributed by atoms with E-state index in [4.69, 9.17) is 9.47 Å². The van der Waals surface area contributed by atoms with E-state index in [0.29, 0.717) is 19.3 Å². The molecule has 37 heavy (non-hydrogen) atoms. The molecule has 1 heterocycles. The zero-order valence-electron chi connectivity index (χ0n) is 20.6. The number of nitrogens with zero attached hydrogens (tertiary/aromatic N) is 1. The van der Waals surface area contributed by atoms with Crippen LogP contribution in [0.3, 0.4) is 0 Å². The van der Waals surface area contributed by atoms with Gasteiger partial charge in [-0.15, -0.1) is 0 Å². The van der Waals surface area contributed by atoms with Gasteiger partial charge in [-0.3, -0.25) is 9.69 Å². The van der Waals surface area contributed by atoms with Crippen molar-refractivity contribution >= 4 is 24.1 Å². The van der Waals surface area contributed by atoms with E-state index in [-0.39, 0.29) is 32.0 Å². The van der Waals surface area contributed by atoms with Crippen molar-refractivity contribution in [3.8, 4) is 11.1 Å². The predicted molar refractivity (Wildman–Crippen MR) is 134 cm³/mol. The second-order valence-electron chi connectivity index (χ2n) is 9.11. The summed E-state index contributed by atoms with van der Waals surface area (Å²) < 4.78 is 10.3. The Labute approximate surface area is 214 Å². The number of carboxylic acid groups (broad SMARTS) is 1. The van der Waals surface area contributed by atoms with E-state index in [0.717, 1.165) is 27.2 Å². The van der Waals surface area contributed by atoms with Crippen molar-refractivity contribution in [3.05, 3.63) is 59.7 Å². The van der Waals surface area contributed by atoms with Crippen molar-refractivity contribution in [2.75, 3.05) is 26.8 Å². The smallest absolute Gasteiger partial charge is 0.407 e. The van der Waals surface area contributed by atoms with Crippen LogP contribution in [0.2, 0.25) is 0 Å². The van der Waals surface area contributed by atoms with Gasteiger partial charge in [0.1, 0.15) is 18.7 Å². The molecule has 1 aliphatic heterocycles. The number of carbonyl (C=O) groups excluding carboxylic acids is 3. The highest BCUT2D eigenvalue weighted by Crippen LogP contribution is 2.44. The van der Waals surface area contributed by atoms with Crippen LogP contribution in [-0.2, 0) is 19.1 Å². The molecule has 2 atom stereocenters. The average molecular weight is 510 g/mol. The maximum atomic E-state index is 12.6. The Morgan fingerprint density at radius 2 is 1.70 bits per heavy atom. The van der Waals surface area contributed by atoms with Crippen LogP contribution in [-0.4, -0.2) is 73.0 Å². The number of hydrogen-bond donors (Lipinski definition) is 3. The van der Waals surface area contributed by atoms with E-state index < -0.39 is 36.1 Å². The Kier molecular flexibility index (Phi) is 8.27. The van der Waals surface area contributed by atoms with E-state index in [9.17, 15) is 24.3 Å². The Balaban J connectivity index is 1.24. The number of hydrogen-bond acceptors (Lipinski definition) is 6. The first-order valence-electron chi connectivity index (χ1n) is 12.4. The van der Waals surface area contributed by atoms with Gasteiger partial charge in [0.05, 0.1) is 7.11 Å². The van der Waals surface area contributed by atoms with Crippen molar-refractivity contribution in [2.45, 2.75) is 43.7 Å². The fraction of sp³-hybridized carbons (Fsp3) is 0.407. The Bertz CT molecular complexity index is 1120. The summed E-state index contributed by atoms with van der Waals surface area (Å²) in [6.07, 6.45) is -0.172. The number of nitrogens with one attached hydrogen (secondary N) is 2. The van der Waals surface area contributed by atoms with Crippen molar-refractivity contribution in [1.82, 2.24) is 15.5 Å². The molecule has 1 saturated heterocycles. The summed E-state index contributed by atoms with van der Waals surface area (Å²) in [5.74, 6) is -1.20. The second-order valence-corrected chi connectivity index (χ2v) is 9.11. The molecule has 0 saturated carbocycles. The average Bonchev–Trinajstić information content (AvgIpc) is 3.52. The molecule has 196 valence electrons. The lowest BCUT2D eigenvalue weighted by atomic mass is 9.98. The fourth-order valence-corrected chi connectivity index (χ4v) is 5.07. The van der Waals surface area contributed by atoms with Crippen molar-refractivity contribution in [3.63, 3.8) is 0 Å². The first-order chi connectivity index (χ1) is 17.9. The van der Waals surface area contributed by atoms with E-state index in [2.05, 4.69) is 22.8 Å². The predicted octanol–water partition coefficient (Wildman–Crippen LogP) is 3.11. The van der Waals surface area contributed by atoms with Gasteiger partial charge in [-0.25, -0.2) is 14.4 Å². The van der Waals surface area contributed by atoms with Gasteiger partial charge < -0.3 is 25.2 Å². The number of alkyl carbamates (subject to hydrolysis) is 1.